The van der Waals surface area contributed by atoms with Crippen molar-refractivity contribution in [1.29, 1.82) is 0 Å². The summed E-state index contributed by atoms with van der Waals surface area (Å²) < 4.78 is 6.31. The smallest absolute Gasteiger partial charge is 0.355 e. The lowest BCUT2D eigenvalue weighted by atomic mass is 10.2. The number of hydrogen-bond donors (Lipinski definition) is 2. The molecule has 126 valence electrons. The van der Waals surface area contributed by atoms with Crippen molar-refractivity contribution in [2.45, 2.75) is 0 Å². The number of benzene rings is 2. The largest absolute Gasteiger partial charge is 0.422 e. The van der Waals surface area contributed by atoms with E-state index >= 15 is 0 Å². The Morgan fingerprint density at radius 2 is 2.00 bits per heavy atom. The number of ether oxygens (including phenoxy) is 1. The summed E-state index contributed by atoms with van der Waals surface area (Å²) in [6, 6.07) is 13.4. The van der Waals surface area contributed by atoms with Crippen molar-refractivity contribution in [1.82, 2.24) is 5.43 Å². The second-order valence-corrected chi connectivity index (χ2v) is 6.37. The van der Waals surface area contributed by atoms with Crippen LogP contribution in [0.2, 0.25) is 5.02 Å². The van der Waals surface area contributed by atoms with Crippen LogP contribution in [0.3, 0.4) is 0 Å². The number of nitrogens with two attached hydrogens (primary N) is 1. The number of esters is 1. The normalized spacial score (nSPS) is 10.9. The van der Waals surface area contributed by atoms with Crippen LogP contribution in [-0.4, -0.2) is 18.2 Å². The average molecular weight is 374 g/mol. The first kappa shape index (κ1) is 16.9. The molecule has 25 heavy (non-hydrogen) atoms. The zero-order chi connectivity index (χ0) is 17.8. The van der Waals surface area contributed by atoms with Gasteiger partial charge in [0.15, 0.2) is 0 Å². The van der Waals surface area contributed by atoms with Gasteiger partial charge in [-0.05, 0) is 23.8 Å². The standard InChI is InChI=1S/C17H12ClN3O3S/c18-14-12-6-1-2-7-13(12)25-15(14)16(22)24-11-5-3-4-10(8-11)9-20-21-17(19)23/h1-9H,(H3,19,21,23)/b20-9-. The Kier molecular flexibility index (Phi) is 4.97. The van der Waals surface area contributed by atoms with Crippen LogP contribution in [0.15, 0.2) is 53.6 Å². The van der Waals surface area contributed by atoms with Crippen LogP contribution < -0.4 is 15.9 Å². The van der Waals surface area contributed by atoms with Crippen LogP contribution in [0.5, 0.6) is 5.75 Å². The lowest BCUT2D eigenvalue weighted by Gasteiger charge is -2.04. The van der Waals surface area contributed by atoms with Crippen LogP contribution in [0, 0.1) is 0 Å². The lowest BCUT2D eigenvalue weighted by molar-refractivity contribution is 0.0740. The van der Waals surface area contributed by atoms with E-state index in [1.165, 1.54) is 17.6 Å². The Hall–Kier alpha value is -2.90. The van der Waals surface area contributed by atoms with Gasteiger partial charge in [0, 0.05) is 10.1 Å². The number of rotatable bonds is 4. The van der Waals surface area contributed by atoms with E-state index in [0.717, 1.165) is 10.1 Å². The number of carbonyl (C=O) groups excluding carboxylic acids is 2. The van der Waals surface area contributed by atoms with Crippen molar-refractivity contribution in [3.63, 3.8) is 0 Å². The van der Waals surface area contributed by atoms with E-state index in [1.54, 1.807) is 24.3 Å². The minimum absolute atomic E-state index is 0.335. The van der Waals surface area contributed by atoms with Gasteiger partial charge in [0.25, 0.3) is 0 Å². The summed E-state index contributed by atoms with van der Waals surface area (Å²) in [7, 11) is 0. The van der Waals surface area contributed by atoms with Crippen molar-refractivity contribution >= 4 is 51.2 Å². The summed E-state index contributed by atoms with van der Waals surface area (Å²) in [6.45, 7) is 0. The highest BCUT2D eigenvalue weighted by Crippen LogP contribution is 2.35. The summed E-state index contributed by atoms with van der Waals surface area (Å²) in [5.41, 5.74) is 7.63. The fourth-order valence-corrected chi connectivity index (χ4v) is 3.51. The van der Waals surface area contributed by atoms with Gasteiger partial charge in [0.2, 0.25) is 0 Å². The molecule has 1 heterocycles. The lowest BCUT2D eigenvalue weighted by Crippen LogP contribution is -2.24. The van der Waals surface area contributed by atoms with Gasteiger partial charge < -0.3 is 10.5 Å². The maximum absolute atomic E-state index is 12.4. The molecule has 6 nitrogen and oxygen atoms in total. The minimum atomic E-state index is -0.766. The van der Waals surface area contributed by atoms with Gasteiger partial charge in [0.1, 0.15) is 10.6 Å². The van der Waals surface area contributed by atoms with Crippen molar-refractivity contribution in [2.24, 2.45) is 10.8 Å². The number of halogens is 1. The van der Waals surface area contributed by atoms with Gasteiger partial charge in [-0.1, -0.05) is 41.9 Å². The van der Waals surface area contributed by atoms with Gasteiger partial charge in [-0.25, -0.2) is 15.0 Å². The Morgan fingerprint density at radius 3 is 2.76 bits per heavy atom. The number of primary amides is 1. The van der Waals surface area contributed by atoms with E-state index in [4.69, 9.17) is 22.1 Å². The maximum atomic E-state index is 12.4. The van der Waals surface area contributed by atoms with Crippen LogP contribution in [0.25, 0.3) is 10.1 Å². The fraction of sp³-hybridized carbons (Fsp3) is 0. The van der Waals surface area contributed by atoms with E-state index in [0.29, 0.717) is 21.2 Å². The second kappa shape index (κ2) is 7.33. The number of amides is 2. The van der Waals surface area contributed by atoms with E-state index in [-0.39, 0.29) is 0 Å². The maximum Gasteiger partial charge on any atom is 0.355 e. The third-order valence-electron chi connectivity index (χ3n) is 3.18. The highest BCUT2D eigenvalue weighted by atomic mass is 35.5. The molecule has 2 aromatic carbocycles. The monoisotopic (exact) mass is 373 g/mol. The van der Waals surface area contributed by atoms with Crippen LogP contribution in [-0.2, 0) is 0 Å². The number of fused-ring (bicyclic) bond motifs is 1. The van der Waals surface area contributed by atoms with Crippen LogP contribution >= 0.6 is 22.9 Å². The molecule has 0 aliphatic rings. The third-order valence-corrected chi connectivity index (χ3v) is 4.83. The van der Waals surface area contributed by atoms with E-state index < -0.39 is 12.0 Å². The molecule has 0 radical (unpaired) electrons. The first-order valence-corrected chi connectivity index (χ1v) is 8.32. The van der Waals surface area contributed by atoms with Gasteiger partial charge in [-0.3, -0.25) is 0 Å². The van der Waals surface area contributed by atoms with Crippen molar-refractivity contribution < 1.29 is 14.3 Å². The molecule has 0 unspecified atom stereocenters. The Labute approximate surface area is 151 Å². The van der Waals surface area contributed by atoms with Crippen LogP contribution in [0.4, 0.5) is 4.79 Å². The number of carbonyl (C=O) groups is 2. The molecule has 8 heteroatoms. The number of hydrogen-bond acceptors (Lipinski definition) is 5. The first-order chi connectivity index (χ1) is 12.0. The third kappa shape index (κ3) is 3.96. The average Bonchev–Trinajstić information content (AvgIpc) is 2.92. The topological polar surface area (TPSA) is 93.8 Å². The summed E-state index contributed by atoms with van der Waals surface area (Å²) in [4.78, 5) is 23.3. The SMILES string of the molecule is NC(=O)N/N=C\c1cccc(OC(=O)c2sc3ccccc3c2Cl)c1. The fourth-order valence-electron chi connectivity index (χ4n) is 2.13. The Morgan fingerprint density at radius 1 is 1.20 bits per heavy atom. The molecule has 2 amide bonds. The predicted octanol–water partition coefficient (Wildman–Crippen LogP) is 3.78. The zero-order valence-corrected chi connectivity index (χ0v) is 14.3. The summed E-state index contributed by atoms with van der Waals surface area (Å²) >= 11 is 7.56. The molecule has 0 bridgehead atoms. The highest BCUT2D eigenvalue weighted by molar-refractivity contribution is 7.21. The summed E-state index contributed by atoms with van der Waals surface area (Å²) in [5.74, 6) is -0.197. The molecular weight excluding hydrogens is 362 g/mol. The van der Waals surface area contributed by atoms with Gasteiger partial charge >= 0.3 is 12.0 Å². The highest BCUT2D eigenvalue weighted by Gasteiger charge is 2.18. The molecule has 1 aromatic heterocycles. The van der Waals surface area contributed by atoms with Crippen LogP contribution in [0.1, 0.15) is 15.2 Å². The molecule has 0 saturated heterocycles. The molecular formula is C17H12ClN3O3S. The molecule has 3 rings (SSSR count). The zero-order valence-electron chi connectivity index (χ0n) is 12.7. The van der Waals surface area contributed by atoms with E-state index in [9.17, 15) is 9.59 Å². The predicted molar refractivity (Wildman–Crippen MR) is 98.5 cm³/mol. The van der Waals surface area contributed by atoms with Crippen molar-refractivity contribution in [3.05, 3.63) is 64.0 Å². The Balaban J connectivity index is 1.79. The van der Waals surface area contributed by atoms with Gasteiger partial charge in [0.05, 0.1) is 11.2 Å². The van der Waals surface area contributed by atoms with Gasteiger partial charge in [-0.2, -0.15) is 5.10 Å². The van der Waals surface area contributed by atoms with E-state index in [2.05, 4.69) is 10.5 Å². The minimum Gasteiger partial charge on any atom is -0.422 e. The first-order valence-electron chi connectivity index (χ1n) is 7.12. The van der Waals surface area contributed by atoms with E-state index in [1.807, 2.05) is 24.3 Å². The van der Waals surface area contributed by atoms with Crippen molar-refractivity contribution in [3.8, 4) is 5.75 Å². The molecule has 0 saturated carbocycles. The van der Waals surface area contributed by atoms with Gasteiger partial charge in [-0.15, -0.1) is 11.3 Å². The molecule has 0 fully saturated rings. The number of nitrogens with one attached hydrogen (secondary N) is 1. The molecule has 0 aliphatic heterocycles. The molecule has 3 aromatic rings. The molecule has 0 aliphatic carbocycles. The van der Waals surface area contributed by atoms with Crippen molar-refractivity contribution in [2.75, 3.05) is 0 Å². The number of hydrazone groups is 1. The summed E-state index contributed by atoms with van der Waals surface area (Å²) in [5, 5.41) is 4.86. The molecule has 0 atom stereocenters. The Bertz CT molecular complexity index is 984. The quantitative estimate of drug-likeness (QED) is 0.315. The molecule has 0 spiro atoms. The number of urea groups is 1. The summed E-state index contributed by atoms with van der Waals surface area (Å²) in [6.07, 6.45) is 1.38. The molecule has 3 N–H and O–H groups in total. The number of thiophene rings is 1. The number of nitrogens with zero attached hydrogens (tertiary/aromatic N) is 1. The second-order valence-electron chi connectivity index (χ2n) is 4.94.